The van der Waals surface area contributed by atoms with Crippen LogP contribution in [0.3, 0.4) is 0 Å². The number of carboxylic acid groups (broad SMARTS) is 1. The number of amides is 2. The standard InChI is InChI=1S/C16H22N2O6/c1-2-23-15(21)17-9-6-10-24-16(22)18-13(14(19)20)11-12-7-4-3-5-8-12/h3-5,7-8,13H,2,6,9-11H2,1H3,(H,17,21)(H,18,22)(H,19,20)/t13-/m0/s1. The number of carboxylic acids is 1. The molecule has 0 aromatic heterocycles. The number of nitrogens with one attached hydrogen (secondary N) is 2. The van der Waals surface area contributed by atoms with Crippen LogP contribution in [0.5, 0.6) is 0 Å². The first-order chi connectivity index (χ1) is 11.5. The summed E-state index contributed by atoms with van der Waals surface area (Å²) in [5, 5.41) is 14.0. The maximum Gasteiger partial charge on any atom is 0.407 e. The quantitative estimate of drug-likeness (QED) is 0.589. The molecule has 0 saturated carbocycles. The summed E-state index contributed by atoms with van der Waals surface area (Å²) < 4.78 is 9.57. The van der Waals surface area contributed by atoms with Crippen molar-refractivity contribution in [3.63, 3.8) is 0 Å². The molecule has 1 atom stereocenters. The molecule has 3 N–H and O–H groups in total. The Morgan fingerprint density at radius 2 is 1.83 bits per heavy atom. The molecule has 1 aromatic rings. The number of carbonyl (C=O) groups excluding carboxylic acids is 2. The van der Waals surface area contributed by atoms with Crippen LogP contribution >= 0.6 is 0 Å². The van der Waals surface area contributed by atoms with Gasteiger partial charge in [0, 0.05) is 13.0 Å². The predicted octanol–water partition coefficient (Wildman–Crippen LogP) is 1.54. The van der Waals surface area contributed by atoms with Crippen molar-refractivity contribution in [2.45, 2.75) is 25.8 Å². The number of ether oxygens (including phenoxy) is 2. The number of aliphatic carboxylic acids is 1. The maximum atomic E-state index is 11.6. The van der Waals surface area contributed by atoms with Crippen molar-refractivity contribution in [3.05, 3.63) is 35.9 Å². The Kier molecular flexibility index (Phi) is 8.73. The molecule has 1 aromatic carbocycles. The number of alkyl carbamates (subject to hydrolysis) is 2. The first-order valence-corrected chi connectivity index (χ1v) is 7.63. The van der Waals surface area contributed by atoms with Crippen molar-refractivity contribution < 1.29 is 29.0 Å². The largest absolute Gasteiger partial charge is 0.480 e. The van der Waals surface area contributed by atoms with Gasteiger partial charge in [0.25, 0.3) is 0 Å². The summed E-state index contributed by atoms with van der Waals surface area (Å²) in [5.74, 6) is -1.14. The Labute approximate surface area is 140 Å². The lowest BCUT2D eigenvalue weighted by Crippen LogP contribution is -2.42. The Hall–Kier alpha value is -2.77. The molecule has 8 heteroatoms. The van der Waals surface area contributed by atoms with E-state index in [2.05, 4.69) is 15.4 Å². The Bertz CT molecular complexity index is 535. The SMILES string of the molecule is CCOC(=O)NCCCOC(=O)N[C@@H](Cc1ccccc1)C(=O)O. The van der Waals surface area contributed by atoms with Crippen molar-refractivity contribution in [2.75, 3.05) is 19.8 Å². The van der Waals surface area contributed by atoms with Gasteiger partial charge in [-0.1, -0.05) is 30.3 Å². The zero-order valence-electron chi connectivity index (χ0n) is 13.5. The number of rotatable bonds is 9. The van der Waals surface area contributed by atoms with Crippen LogP contribution in [-0.4, -0.2) is 49.1 Å². The van der Waals surface area contributed by atoms with Gasteiger partial charge in [-0.2, -0.15) is 0 Å². The van der Waals surface area contributed by atoms with Gasteiger partial charge >= 0.3 is 18.2 Å². The molecule has 24 heavy (non-hydrogen) atoms. The second-order valence-corrected chi connectivity index (χ2v) is 4.86. The highest BCUT2D eigenvalue weighted by atomic mass is 16.6. The number of carbonyl (C=O) groups is 3. The van der Waals surface area contributed by atoms with E-state index >= 15 is 0 Å². The van der Waals surface area contributed by atoms with Gasteiger partial charge in [0.05, 0.1) is 13.2 Å². The van der Waals surface area contributed by atoms with Crippen molar-refractivity contribution in [3.8, 4) is 0 Å². The number of hydrogen-bond donors (Lipinski definition) is 3. The summed E-state index contributed by atoms with van der Waals surface area (Å²) in [6, 6.07) is 7.91. The summed E-state index contributed by atoms with van der Waals surface area (Å²) in [6.07, 6.45) is -0.788. The fraction of sp³-hybridized carbons (Fsp3) is 0.438. The average Bonchev–Trinajstić information content (AvgIpc) is 2.55. The lowest BCUT2D eigenvalue weighted by atomic mass is 10.1. The first-order valence-electron chi connectivity index (χ1n) is 7.63. The smallest absolute Gasteiger partial charge is 0.407 e. The molecular weight excluding hydrogens is 316 g/mol. The van der Waals surface area contributed by atoms with Crippen LogP contribution in [0.25, 0.3) is 0 Å². The molecule has 2 amide bonds. The van der Waals surface area contributed by atoms with Crippen LogP contribution in [-0.2, 0) is 20.7 Å². The molecule has 0 fully saturated rings. The van der Waals surface area contributed by atoms with Gasteiger partial charge in [-0.05, 0) is 18.9 Å². The molecule has 0 aliphatic heterocycles. The summed E-state index contributed by atoms with van der Waals surface area (Å²) >= 11 is 0. The summed E-state index contributed by atoms with van der Waals surface area (Å²) in [5.41, 5.74) is 0.795. The third kappa shape index (κ3) is 8.02. The van der Waals surface area contributed by atoms with E-state index in [0.29, 0.717) is 13.0 Å². The average molecular weight is 338 g/mol. The van der Waals surface area contributed by atoms with Crippen molar-refractivity contribution in [1.29, 1.82) is 0 Å². The molecule has 132 valence electrons. The molecular formula is C16H22N2O6. The van der Waals surface area contributed by atoms with Gasteiger partial charge in [-0.3, -0.25) is 0 Å². The van der Waals surface area contributed by atoms with Gasteiger partial charge in [-0.25, -0.2) is 14.4 Å². The van der Waals surface area contributed by atoms with Crippen molar-refractivity contribution in [2.24, 2.45) is 0 Å². The monoisotopic (exact) mass is 338 g/mol. The van der Waals surface area contributed by atoms with E-state index in [1.807, 2.05) is 6.07 Å². The molecule has 0 aliphatic carbocycles. The van der Waals surface area contributed by atoms with E-state index in [-0.39, 0.29) is 19.6 Å². The lowest BCUT2D eigenvalue weighted by Gasteiger charge is -2.14. The van der Waals surface area contributed by atoms with E-state index in [1.165, 1.54) is 0 Å². The molecule has 1 rings (SSSR count). The highest BCUT2D eigenvalue weighted by Crippen LogP contribution is 2.03. The number of benzene rings is 1. The maximum absolute atomic E-state index is 11.6. The zero-order valence-corrected chi connectivity index (χ0v) is 13.5. The topological polar surface area (TPSA) is 114 Å². The van der Waals surface area contributed by atoms with Crippen LogP contribution < -0.4 is 10.6 Å². The van der Waals surface area contributed by atoms with E-state index in [0.717, 1.165) is 5.56 Å². The lowest BCUT2D eigenvalue weighted by molar-refractivity contribution is -0.139. The molecule has 0 aliphatic rings. The van der Waals surface area contributed by atoms with Crippen molar-refractivity contribution in [1.82, 2.24) is 10.6 Å². The second kappa shape index (κ2) is 10.9. The van der Waals surface area contributed by atoms with Crippen LogP contribution in [0.1, 0.15) is 18.9 Å². The predicted molar refractivity (Wildman–Crippen MR) is 85.7 cm³/mol. The fourth-order valence-electron chi connectivity index (χ4n) is 1.84. The van der Waals surface area contributed by atoms with E-state index < -0.39 is 24.2 Å². The Morgan fingerprint density at radius 1 is 1.12 bits per heavy atom. The Morgan fingerprint density at radius 3 is 2.46 bits per heavy atom. The van der Waals surface area contributed by atoms with Crippen LogP contribution in [0.2, 0.25) is 0 Å². The van der Waals surface area contributed by atoms with E-state index in [1.54, 1.807) is 31.2 Å². The van der Waals surface area contributed by atoms with Gasteiger partial charge in [0.1, 0.15) is 6.04 Å². The van der Waals surface area contributed by atoms with Gasteiger partial charge < -0.3 is 25.2 Å². The number of hydrogen-bond acceptors (Lipinski definition) is 5. The van der Waals surface area contributed by atoms with Gasteiger partial charge in [-0.15, -0.1) is 0 Å². The molecule has 8 nitrogen and oxygen atoms in total. The van der Waals surface area contributed by atoms with Crippen LogP contribution in [0, 0.1) is 0 Å². The molecule has 0 radical (unpaired) electrons. The zero-order chi connectivity index (χ0) is 17.8. The molecule has 0 spiro atoms. The van der Waals surface area contributed by atoms with Gasteiger partial charge in [0.15, 0.2) is 0 Å². The molecule has 0 bridgehead atoms. The third-order valence-electron chi connectivity index (χ3n) is 2.97. The highest BCUT2D eigenvalue weighted by molar-refractivity contribution is 5.80. The molecule has 0 heterocycles. The van der Waals surface area contributed by atoms with Crippen LogP contribution in [0.4, 0.5) is 9.59 Å². The fourth-order valence-corrected chi connectivity index (χ4v) is 1.84. The summed E-state index contributed by atoms with van der Waals surface area (Å²) in [7, 11) is 0. The van der Waals surface area contributed by atoms with Crippen molar-refractivity contribution >= 4 is 18.2 Å². The Balaban J connectivity index is 2.28. The second-order valence-electron chi connectivity index (χ2n) is 4.86. The summed E-state index contributed by atoms with van der Waals surface area (Å²) in [4.78, 5) is 33.9. The van der Waals surface area contributed by atoms with Gasteiger partial charge in [0.2, 0.25) is 0 Å². The van der Waals surface area contributed by atoms with E-state index in [9.17, 15) is 19.5 Å². The minimum absolute atomic E-state index is 0.0515. The minimum atomic E-state index is -1.14. The van der Waals surface area contributed by atoms with E-state index in [4.69, 9.17) is 4.74 Å². The highest BCUT2D eigenvalue weighted by Gasteiger charge is 2.20. The molecule has 0 saturated heterocycles. The van der Waals surface area contributed by atoms with Crippen LogP contribution in [0.15, 0.2) is 30.3 Å². The summed E-state index contributed by atoms with van der Waals surface area (Å²) in [6.45, 7) is 2.32. The third-order valence-corrected chi connectivity index (χ3v) is 2.97. The molecule has 0 unspecified atom stereocenters. The first kappa shape index (κ1) is 19.3. The normalized spacial score (nSPS) is 11.2. The minimum Gasteiger partial charge on any atom is -0.480 e.